The molecule has 0 aliphatic carbocycles. The average molecular weight is 350 g/mol. The van der Waals surface area contributed by atoms with E-state index in [1.807, 2.05) is 13.0 Å². The van der Waals surface area contributed by atoms with Crippen molar-refractivity contribution in [2.75, 3.05) is 5.32 Å². The van der Waals surface area contributed by atoms with E-state index in [4.69, 9.17) is 16.9 Å². The maximum Gasteiger partial charge on any atom is 0.255 e. The van der Waals surface area contributed by atoms with Crippen LogP contribution in [0.25, 0.3) is 0 Å². The summed E-state index contributed by atoms with van der Waals surface area (Å²) in [5.41, 5.74) is 2.22. The van der Waals surface area contributed by atoms with Gasteiger partial charge in [0.2, 0.25) is 0 Å². The summed E-state index contributed by atoms with van der Waals surface area (Å²) in [7, 11) is 0. The Morgan fingerprint density at radius 2 is 2.05 bits per heavy atom. The lowest BCUT2D eigenvalue weighted by atomic mass is 10.1. The maximum atomic E-state index is 12.2. The number of amides is 1. The number of nitriles is 1. The van der Waals surface area contributed by atoms with E-state index in [-0.39, 0.29) is 5.91 Å². The van der Waals surface area contributed by atoms with Gasteiger partial charge in [-0.15, -0.1) is 0 Å². The minimum Gasteiger partial charge on any atom is -0.321 e. The van der Waals surface area contributed by atoms with Gasteiger partial charge in [-0.25, -0.2) is 0 Å². The van der Waals surface area contributed by atoms with E-state index in [0.717, 1.165) is 10.0 Å². The lowest BCUT2D eigenvalue weighted by molar-refractivity contribution is 0.102. The number of aryl methyl sites for hydroxylation is 1. The molecule has 0 unspecified atom stereocenters. The molecule has 3 nitrogen and oxygen atoms in total. The molecule has 1 amide bonds. The number of hydrogen-bond donors (Lipinski definition) is 1. The van der Waals surface area contributed by atoms with Crippen LogP contribution < -0.4 is 5.32 Å². The summed E-state index contributed by atoms with van der Waals surface area (Å²) in [6.07, 6.45) is 0. The minimum absolute atomic E-state index is 0.304. The van der Waals surface area contributed by atoms with E-state index in [0.29, 0.717) is 21.8 Å². The van der Waals surface area contributed by atoms with Gasteiger partial charge in [0, 0.05) is 15.1 Å². The summed E-state index contributed by atoms with van der Waals surface area (Å²) in [5.74, 6) is -0.304. The average Bonchev–Trinajstić information content (AvgIpc) is 2.42. The van der Waals surface area contributed by atoms with E-state index in [1.165, 1.54) is 0 Å². The SMILES string of the molecule is Cc1ccc(C(=O)Nc2cc(Br)ccc2C#N)cc1Cl. The highest BCUT2D eigenvalue weighted by molar-refractivity contribution is 9.10. The number of anilines is 1. The van der Waals surface area contributed by atoms with Gasteiger partial charge in [-0.2, -0.15) is 5.26 Å². The molecule has 0 atom stereocenters. The third-order valence-electron chi connectivity index (χ3n) is 2.78. The third kappa shape index (κ3) is 3.19. The van der Waals surface area contributed by atoms with Crippen LogP contribution in [0.3, 0.4) is 0 Å². The van der Waals surface area contributed by atoms with Gasteiger partial charge in [-0.3, -0.25) is 4.79 Å². The normalized spacial score (nSPS) is 9.90. The highest BCUT2D eigenvalue weighted by atomic mass is 79.9. The molecule has 0 fully saturated rings. The van der Waals surface area contributed by atoms with Crippen LogP contribution in [0.5, 0.6) is 0 Å². The Labute approximate surface area is 130 Å². The highest BCUT2D eigenvalue weighted by Crippen LogP contribution is 2.22. The van der Waals surface area contributed by atoms with Crippen molar-refractivity contribution in [3.63, 3.8) is 0 Å². The molecule has 2 aromatic carbocycles. The summed E-state index contributed by atoms with van der Waals surface area (Å²) in [5, 5.41) is 12.3. The summed E-state index contributed by atoms with van der Waals surface area (Å²) in [6.45, 7) is 1.87. The first-order valence-electron chi connectivity index (χ1n) is 5.78. The van der Waals surface area contributed by atoms with Gasteiger partial charge in [0.25, 0.3) is 5.91 Å². The monoisotopic (exact) mass is 348 g/mol. The number of carbonyl (C=O) groups is 1. The van der Waals surface area contributed by atoms with Crippen LogP contribution in [-0.2, 0) is 0 Å². The van der Waals surface area contributed by atoms with Gasteiger partial charge in [0.05, 0.1) is 11.3 Å². The number of carbonyl (C=O) groups excluding carboxylic acids is 1. The molecular weight excluding hydrogens is 340 g/mol. The molecule has 0 radical (unpaired) electrons. The van der Waals surface area contributed by atoms with Crippen molar-refractivity contribution < 1.29 is 4.79 Å². The maximum absolute atomic E-state index is 12.2. The van der Waals surface area contributed by atoms with Crippen LogP contribution in [0.2, 0.25) is 5.02 Å². The molecule has 0 spiro atoms. The molecule has 0 saturated carbocycles. The predicted molar refractivity (Wildman–Crippen MR) is 83.0 cm³/mol. The Morgan fingerprint density at radius 3 is 2.70 bits per heavy atom. The smallest absolute Gasteiger partial charge is 0.255 e. The summed E-state index contributed by atoms with van der Waals surface area (Å²) >= 11 is 9.32. The van der Waals surface area contributed by atoms with Crippen molar-refractivity contribution in [3.8, 4) is 6.07 Å². The van der Waals surface area contributed by atoms with Gasteiger partial charge < -0.3 is 5.32 Å². The summed E-state index contributed by atoms with van der Waals surface area (Å²) in [4.78, 5) is 12.2. The highest BCUT2D eigenvalue weighted by Gasteiger charge is 2.10. The van der Waals surface area contributed by atoms with Gasteiger partial charge in [0.15, 0.2) is 0 Å². The molecule has 5 heteroatoms. The molecule has 0 heterocycles. The molecule has 0 bridgehead atoms. The molecule has 0 aliphatic heterocycles. The largest absolute Gasteiger partial charge is 0.321 e. The molecule has 0 aliphatic rings. The first kappa shape index (κ1) is 14.6. The Morgan fingerprint density at radius 1 is 1.30 bits per heavy atom. The Kier molecular flexibility index (Phi) is 4.43. The number of nitrogens with one attached hydrogen (secondary N) is 1. The van der Waals surface area contributed by atoms with Crippen molar-refractivity contribution in [1.29, 1.82) is 5.26 Å². The van der Waals surface area contributed by atoms with E-state index in [2.05, 4.69) is 21.2 Å². The number of benzene rings is 2. The predicted octanol–water partition coefficient (Wildman–Crippen LogP) is 4.53. The molecule has 1 N–H and O–H groups in total. The molecule has 0 saturated heterocycles. The number of nitrogens with zero attached hydrogens (tertiary/aromatic N) is 1. The fourth-order valence-electron chi connectivity index (χ4n) is 1.65. The minimum atomic E-state index is -0.304. The van der Waals surface area contributed by atoms with Gasteiger partial charge in [-0.05, 0) is 42.8 Å². The second-order valence-electron chi connectivity index (χ2n) is 4.22. The van der Waals surface area contributed by atoms with Crippen LogP contribution in [-0.4, -0.2) is 5.91 Å². The van der Waals surface area contributed by atoms with Crippen LogP contribution >= 0.6 is 27.5 Å². The number of rotatable bonds is 2. The van der Waals surface area contributed by atoms with Crippen LogP contribution in [0.1, 0.15) is 21.5 Å². The first-order valence-corrected chi connectivity index (χ1v) is 6.95. The van der Waals surface area contributed by atoms with Crippen LogP contribution in [0, 0.1) is 18.3 Å². The van der Waals surface area contributed by atoms with E-state index < -0.39 is 0 Å². The number of halogens is 2. The van der Waals surface area contributed by atoms with E-state index >= 15 is 0 Å². The van der Waals surface area contributed by atoms with Gasteiger partial charge in [0.1, 0.15) is 6.07 Å². The van der Waals surface area contributed by atoms with E-state index in [1.54, 1.807) is 36.4 Å². The number of hydrogen-bond acceptors (Lipinski definition) is 2. The molecule has 2 rings (SSSR count). The zero-order valence-corrected chi connectivity index (χ0v) is 12.9. The molecule has 20 heavy (non-hydrogen) atoms. The lowest BCUT2D eigenvalue weighted by Crippen LogP contribution is -2.13. The van der Waals surface area contributed by atoms with Crippen molar-refractivity contribution in [1.82, 2.24) is 0 Å². The van der Waals surface area contributed by atoms with Gasteiger partial charge in [-0.1, -0.05) is 33.6 Å². The van der Waals surface area contributed by atoms with Crippen molar-refractivity contribution in [3.05, 3.63) is 62.6 Å². The van der Waals surface area contributed by atoms with E-state index in [9.17, 15) is 4.79 Å². The third-order valence-corrected chi connectivity index (χ3v) is 3.68. The summed E-state index contributed by atoms with van der Waals surface area (Å²) in [6, 6.07) is 12.2. The molecule has 2 aromatic rings. The standard InChI is InChI=1S/C15H10BrClN2O/c1-9-2-3-10(6-13(9)17)15(20)19-14-7-12(16)5-4-11(14)8-18/h2-7H,1H3,(H,19,20). The zero-order valence-electron chi connectivity index (χ0n) is 10.6. The topological polar surface area (TPSA) is 52.9 Å². The molecular formula is C15H10BrClN2O. The quantitative estimate of drug-likeness (QED) is 0.865. The zero-order chi connectivity index (χ0) is 14.7. The Hall–Kier alpha value is -1.83. The second-order valence-corrected chi connectivity index (χ2v) is 5.54. The first-order chi connectivity index (χ1) is 9.51. The molecule has 0 aromatic heterocycles. The molecule has 100 valence electrons. The summed E-state index contributed by atoms with van der Waals surface area (Å²) < 4.78 is 0.786. The fraction of sp³-hybridized carbons (Fsp3) is 0.0667. The van der Waals surface area contributed by atoms with Crippen molar-refractivity contribution in [2.45, 2.75) is 6.92 Å². The van der Waals surface area contributed by atoms with Crippen molar-refractivity contribution >= 4 is 39.1 Å². The lowest BCUT2D eigenvalue weighted by Gasteiger charge is -2.08. The van der Waals surface area contributed by atoms with Crippen molar-refractivity contribution in [2.24, 2.45) is 0 Å². The second kappa shape index (κ2) is 6.08. The Bertz CT molecular complexity index is 722. The fourth-order valence-corrected chi connectivity index (χ4v) is 2.19. The van der Waals surface area contributed by atoms with Crippen LogP contribution in [0.15, 0.2) is 40.9 Å². The van der Waals surface area contributed by atoms with Gasteiger partial charge >= 0.3 is 0 Å². The van der Waals surface area contributed by atoms with Crippen LogP contribution in [0.4, 0.5) is 5.69 Å². The Balaban J connectivity index is 2.30.